The first-order chi connectivity index (χ1) is 14.1. The minimum Gasteiger partial charge on any atom is -0.497 e. The number of piperazine rings is 1. The molecule has 2 heterocycles. The molecule has 0 aliphatic carbocycles. The van der Waals surface area contributed by atoms with Crippen molar-refractivity contribution in [3.8, 4) is 5.75 Å². The van der Waals surface area contributed by atoms with E-state index in [4.69, 9.17) is 4.74 Å². The van der Waals surface area contributed by atoms with E-state index in [0.29, 0.717) is 18.5 Å². The van der Waals surface area contributed by atoms with Gasteiger partial charge in [-0.25, -0.2) is 0 Å². The molecule has 0 unspecified atom stereocenters. The van der Waals surface area contributed by atoms with Crippen LogP contribution >= 0.6 is 0 Å². The van der Waals surface area contributed by atoms with Crippen LogP contribution in [-0.4, -0.2) is 48.7 Å². The molecule has 150 valence electrons. The van der Waals surface area contributed by atoms with Crippen LogP contribution in [-0.2, 0) is 11.3 Å². The minimum atomic E-state index is -0.106. The molecule has 1 amide bonds. The maximum atomic E-state index is 12.9. The molecule has 0 radical (unpaired) electrons. The second kappa shape index (κ2) is 7.99. The maximum absolute atomic E-state index is 12.9. The summed E-state index contributed by atoms with van der Waals surface area (Å²) in [6.07, 6.45) is 0. The number of rotatable bonds is 4. The Hall–Kier alpha value is -3.28. The lowest BCUT2D eigenvalue weighted by Gasteiger charge is -2.36. The molecule has 6 heteroatoms. The lowest BCUT2D eigenvalue weighted by molar-refractivity contribution is -0.132. The molecule has 0 N–H and O–H groups in total. The van der Waals surface area contributed by atoms with Crippen LogP contribution in [0.4, 0.5) is 5.69 Å². The number of nitrogens with zero attached hydrogens (tertiary/aromatic N) is 3. The number of amides is 1. The highest BCUT2D eigenvalue weighted by atomic mass is 16.5. The van der Waals surface area contributed by atoms with Gasteiger partial charge in [0.05, 0.1) is 7.11 Å². The van der Waals surface area contributed by atoms with Crippen LogP contribution in [0.25, 0.3) is 10.8 Å². The second-order valence-corrected chi connectivity index (χ2v) is 7.33. The Bertz CT molecular complexity index is 1080. The number of hydrogen-bond acceptors (Lipinski definition) is 4. The molecule has 1 saturated heterocycles. The molecule has 1 aromatic heterocycles. The Morgan fingerprint density at radius 2 is 1.69 bits per heavy atom. The zero-order valence-electron chi connectivity index (χ0n) is 16.8. The number of methoxy groups -OCH3 is 1. The number of carbonyl (C=O) groups excluding carboxylic acids is 1. The third-order valence-corrected chi connectivity index (χ3v) is 5.59. The number of benzene rings is 2. The van der Waals surface area contributed by atoms with Crippen molar-refractivity contribution in [3.63, 3.8) is 0 Å². The van der Waals surface area contributed by atoms with Gasteiger partial charge in [0.25, 0.3) is 5.56 Å². The number of carbonyl (C=O) groups is 1. The highest BCUT2D eigenvalue weighted by Crippen LogP contribution is 2.20. The van der Waals surface area contributed by atoms with Crippen molar-refractivity contribution in [3.05, 3.63) is 70.6 Å². The molecule has 3 aromatic rings. The summed E-state index contributed by atoms with van der Waals surface area (Å²) in [5.41, 5.74) is 1.82. The first-order valence-electron chi connectivity index (χ1n) is 9.83. The van der Waals surface area contributed by atoms with E-state index in [-0.39, 0.29) is 18.0 Å². The average molecular weight is 391 g/mol. The highest BCUT2D eigenvalue weighted by Gasteiger charge is 2.22. The van der Waals surface area contributed by atoms with E-state index in [1.54, 1.807) is 11.7 Å². The number of hydrogen-bond donors (Lipinski definition) is 0. The van der Waals surface area contributed by atoms with Crippen LogP contribution in [0.15, 0.2) is 59.4 Å². The molecule has 0 spiro atoms. The predicted molar refractivity (Wildman–Crippen MR) is 115 cm³/mol. The van der Waals surface area contributed by atoms with E-state index in [1.165, 1.54) is 0 Å². The standard InChI is InChI=1S/C23H25N3O3/c1-17-15-18-5-3-4-6-21(18)23(28)26(17)16-22(27)25-13-11-24(12-14-25)19-7-9-20(29-2)10-8-19/h3-10,15H,11-14,16H2,1-2H3. The molecule has 0 saturated carbocycles. The zero-order chi connectivity index (χ0) is 20.4. The van der Waals surface area contributed by atoms with Gasteiger partial charge >= 0.3 is 0 Å². The molecule has 29 heavy (non-hydrogen) atoms. The monoisotopic (exact) mass is 391 g/mol. The molecular weight excluding hydrogens is 366 g/mol. The number of ether oxygens (including phenoxy) is 1. The largest absolute Gasteiger partial charge is 0.497 e. The Kier molecular flexibility index (Phi) is 5.25. The van der Waals surface area contributed by atoms with Gasteiger partial charge in [-0.1, -0.05) is 18.2 Å². The highest BCUT2D eigenvalue weighted by molar-refractivity contribution is 5.83. The van der Waals surface area contributed by atoms with Crippen molar-refractivity contribution in [2.24, 2.45) is 0 Å². The third kappa shape index (κ3) is 3.83. The third-order valence-electron chi connectivity index (χ3n) is 5.59. The molecule has 2 aromatic carbocycles. The molecule has 6 nitrogen and oxygen atoms in total. The van der Waals surface area contributed by atoms with Gasteiger partial charge in [-0.3, -0.25) is 9.59 Å². The van der Waals surface area contributed by atoms with Crippen LogP contribution in [0, 0.1) is 6.92 Å². The van der Waals surface area contributed by atoms with Crippen molar-refractivity contribution < 1.29 is 9.53 Å². The van der Waals surface area contributed by atoms with E-state index < -0.39 is 0 Å². The Morgan fingerprint density at radius 1 is 1.00 bits per heavy atom. The Labute approximate surface area is 169 Å². The predicted octanol–water partition coefficient (Wildman–Crippen LogP) is 2.67. The van der Waals surface area contributed by atoms with Crippen molar-refractivity contribution in [1.29, 1.82) is 0 Å². The second-order valence-electron chi connectivity index (χ2n) is 7.33. The molecule has 1 fully saturated rings. The summed E-state index contributed by atoms with van der Waals surface area (Å²) in [6, 6.07) is 17.4. The zero-order valence-corrected chi connectivity index (χ0v) is 16.8. The van der Waals surface area contributed by atoms with Gasteiger partial charge in [-0.05, 0) is 48.7 Å². The lowest BCUT2D eigenvalue weighted by Crippen LogP contribution is -2.50. The summed E-state index contributed by atoms with van der Waals surface area (Å²) in [4.78, 5) is 29.8. The number of fused-ring (bicyclic) bond motifs is 1. The summed E-state index contributed by atoms with van der Waals surface area (Å²) >= 11 is 0. The smallest absolute Gasteiger partial charge is 0.259 e. The van der Waals surface area contributed by atoms with E-state index >= 15 is 0 Å². The van der Waals surface area contributed by atoms with Crippen LogP contribution in [0.1, 0.15) is 5.69 Å². The minimum absolute atomic E-state index is 0.0140. The van der Waals surface area contributed by atoms with Gasteiger partial charge in [0.1, 0.15) is 12.3 Å². The number of aromatic nitrogens is 1. The first-order valence-corrected chi connectivity index (χ1v) is 9.83. The van der Waals surface area contributed by atoms with Gasteiger partial charge in [0.15, 0.2) is 0 Å². The molecule has 4 rings (SSSR count). The fraction of sp³-hybridized carbons (Fsp3) is 0.304. The number of anilines is 1. The van der Waals surface area contributed by atoms with Crippen LogP contribution < -0.4 is 15.2 Å². The summed E-state index contributed by atoms with van der Waals surface area (Å²) in [6.45, 7) is 4.78. The summed E-state index contributed by atoms with van der Waals surface area (Å²) in [5.74, 6) is 0.818. The molecule has 0 bridgehead atoms. The van der Waals surface area contributed by atoms with Gasteiger partial charge in [-0.2, -0.15) is 0 Å². The van der Waals surface area contributed by atoms with Gasteiger partial charge in [-0.15, -0.1) is 0 Å². The fourth-order valence-electron chi connectivity index (χ4n) is 3.87. The maximum Gasteiger partial charge on any atom is 0.259 e. The molecule has 1 aliphatic rings. The van der Waals surface area contributed by atoms with Crippen LogP contribution in [0.5, 0.6) is 5.75 Å². The van der Waals surface area contributed by atoms with Gasteiger partial charge in [0.2, 0.25) is 5.91 Å². The topological polar surface area (TPSA) is 54.8 Å². The summed E-state index contributed by atoms with van der Waals surface area (Å²) in [5, 5.41) is 1.56. The molecule has 1 aliphatic heterocycles. The van der Waals surface area contributed by atoms with Crippen molar-refractivity contribution in [2.75, 3.05) is 38.2 Å². The Balaban J connectivity index is 1.44. The number of aryl methyl sites for hydroxylation is 1. The van der Waals surface area contributed by atoms with Crippen molar-refractivity contribution in [1.82, 2.24) is 9.47 Å². The normalized spacial score (nSPS) is 14.3. The average Bonchev–Trinajstić information content (AvgIpc) is 2.76. The fourth-order valence-corrected chi connectivity index (χ4v) is 3.87. The van der Waals surface area contributed by atoms with Crippen LogP contribution in [0.3, 0.4) is 0 Å². The van der Waals surface area contributed by atoms with E-state index in [2.05, 4.69) is 4.90 Å². The van der Waals surface area contributed by atoms with E-state index in [9.17, 15) is 9.59 Å². The van der Waals surface area contributed by atoms with Gasteiger partial charge in [0, 0.05) is 42.9 Å². The summed E-state index contributed by atoms with van der Waals surface area (Å²) < 4.78 is 6.79. The SMILES string of the molecule is COc1ccc(N2CCN(C(=O)Cn3c(C)cc4ccccc4c3=O)CC2)cc1. The number of pyridine rings is 1. The quantitative estimate of drug-likeness (QED) is 0.686. The van der Waals surface area contributed by atoms with E-state index in [1.807, 2.05) is 66.4 Å². The summed E-state index contributed by atoms with van der Waals surface area (Å²) in [7, 11) is 1.65. The molecular formula is C23H25N3O3. The van der Waals surface area contributed by atoms with Gasteiger partial charge < -0.3 is 19.1 Å². The van der Waals surface area contributed by atoms with Crippen molar-refractivity contribution >= 4 is 22.4 Å². The molecule has 0 atom stereocenters. The van der Waals surface area contributed by atoms with Crippen molar-refractivity contribution in [2.45, 2.75) is 13.5 Å². The Morgan fingerprint density at radius 3 is 2.38 bits per heavy atom. The first kappa shape index (κ1) is 19.1. The van der Waals surface area contributed by atoms with Crippen LogP contribution in [0.2, 0.25) is 0 Å². The van der Waals surface area contributed by atoms with E-state index in [0.717, 1.165) is 35.6 Å². The lowest BCUT2D eigenvalue weighted by atomic mass is 10.1.